The van der Waals surface area contributed by atoms with Crippen molar-refractivity contribution in [2.75, 3.05) is 32.8 Å². The van der Waals surface area contributed by atoms with E-state index in [4.69, 9.17) is 5.26 Å². The van der Waals surface area contributed by atoms with Crippen LogP contribution >= 0.6 is 0 Å². The zero-order chi connectivity index (χ0) is 11.0. The molecule has 0 saturated heterocycles. The maximum absolute atomic E-state index is 11.6. The molecule has 0 N–H and O–H groups in total. The summed E-state index contributed by atoms with van der Waals surface area (Å²) in [7, 11) is 0. The van der Waals surface area contributed by atoms with Gasteiger partial charge >= 0.3 is 6.18 Å². The summed E-state index contributed by atoms with van der Waals surface area (Å²) in [5.74, 6) is 0. The zero-order valence-corrected chi connectivity index (χ0v) is 7.97. The van der Waals surface area contributed by atoms with Gasteiger partial charge in [-0.25, -0.2) is 0 Å². The van der Waals surface area contributed by atoms with Gasteiger partial charge in [0.1, 0.15) is 6.61 Å². The molecule has 3 nitrogen and oxygen atoms in total. The molecule has 6 heteroatoms. The second-order valence-electron chi connectivity index (χ2n) is 2.69. The fourth-order valence-electron chi connectivity index (χ4n) is 0.831. The predicted octanol–water partition coefficient (Wildman–Crippen LogP) is 1.41. The highest BCUT2D eigenvalue weighted by atomic mass is 19.4. The molecule has 0 rings (SSSR count). The van der Waals surface area contributed by atoms with Crippen LogP contribution in [0.2, 0.25) is 0 Å². The Hall–Kier alpha value is -0.800. The first-order valence-corrected chi connectivity index (χ1v) is 4.23. The fourth-order valence-corrected chi connectivity index (χ4v) is 0.831. The van der Waals surface area contributed by atoms with Crippen molar-refractivity contribution in [1.82, 2.24) is 4.90 Å². The molecule has 0 atom stereocenters. The summed E-state index contributed by atoms with van der Waals surface area (Å²) in [5, 5.41) is 8.34. The summed E-state index contributed by atoms with van der Waals surface area (Å²) in [4.78, 5) is 1.70. The lowest BCUT2D eigenvalue weighted by Crippen LogP contribution is -2.29. The Morgan fingerprint density at radius 2 is 2.07 bits per heavy atom. The van der Waals surface area contributed by atoms with Gasteiger partial charge in [-0.2, -0.15) is 18.4 Å². The highest BCUT2D eigenvalue weighted by Gasteiger charge is 2.27. The van der Waals surface area contributed by atoms with Crippen molar-refractivity contribution in [3.63, 3.8) is 0 Å². The Morgan fingerprint density at radius 3 is 2.50 bits per heavy atom. The number of likely N-dealkylation sites (N-methyl/N-ethyl adjacent to an activating group) is 1. The average Bonchev–Trinajstić information content (AvgIpc) is 2.08. The summed E-state index contributed by atoms with van der Waals surface area (Å²) in [6.45, 7) is 1.79. The Kier molecular flexibility index (Phi) is 6.25. The van der Waals surface area contributed by atoms with Crippen molar-refractivity contribution in [3.8, 4) is 6.07 Å². The van der Waals surface area contributed by atoms with Gasteiger partial charge in [0.2, 0.25) is 0 Å². The van der Waals surface area contributed by atoms with E-state index in [0.717, 1.165) is 0 Å². The minimum atomic E-state index is -4.27. The van der Waals surface area contributed by atoms with Crippen LogP contribution in [0.15, 0.2) is 0 Å². The van der Waals surface area contributed by atoms with E-state index in [1.54, 1.807) is 4.90 Å². The minimum Gasteiger partial charge on any atom is -0.371 e. The summed E-state index contributed by atoms with van der Waals surface area (Å²) < 4.78 is 39.3. The standard InChI is InChI=1S/C8H13F3N2O/c1-2-13(4-3-12)5-6-14-7-8(9,10)11/h2,4-7H2,1H3. The number of nitrogens with zero attached hydrogens (tertiary/aromatic N) is 2. The topological polar surface area (TPSA) is 36.3 Å². The summed E-state index contributed by atoms with van der Waals surface area (Å²) >= 11 is 0. The molecule has 0 saturated carbocycles. The van der Waals surface area contributed by atoms with Gasteiger partial charge in [-0.15, -0.1) is 0 Å². The molecule has 0 fully saturated rings. The van der Waals surface area contributed by atoms with Crippen LogP contribution in [0, 0.1) is 11.3 Å². The molecule has 0 spiro atoms. The number of hydrogen-bond acceptors (Lipinski definition) is 3. The van der Waals surface area contributed by atoms with Gasteiger partial charge in [0.05, 0.1) is 19.2 Å². The monoisotopic (exact) mass is 210 g/mol. The molecule has 0 amide bonds. The highest BCUT2D eigenvalue weighted by molar-refractivity contribution is 4.75. The molecule has 0 aliphatic rings. The van der Waals surface area contributed by atoms with E-state index in [0.29, 0.717) is 13.1 Å². The second kappa shape index (κ2) is 6.62. The van der Waals surface area contributed by atoms with E-state index < -0.39 is 12.8 Å². The van der Waals surface area contributed by atoms with Crippen LogP contribution in [0.4, 0.5) is 13.2 Å². The molecule has 0 bridgehead atoms. The van der Waals surface area contributed by atoms with Crippen LogP contribution in [-0.4, -0.2) is 43.9 Å². The van der Waals surface area contributed by atoms with E-state index in [2.05, 4.69) is 4.74 Å². The molecule has 0 aliphatic heterocycles. The number of ether oxygens (including phenoxy) is 1. The molecule has 82 valence electrons. The van der Waals surface area contributed by atoms with Crippen LogP contribution < -0.4 is 0 Å². The van der Waals surface area contributed by atoms with Crippen molar-refractivity contribution in [3.05, 3.63) is 0 Å². The number of hydrogen-bond donors (Lipinski definition) is 0. The second-order valence-corrected chi connectivity index (χ2v) is 2.69. The Labute approximate surface area is 81.1 Å². The van der Waals surface area contributed by atoms with Crippen LogP contribution in [-0.2, 0) is 4.74 Å². The Bertz CT molecular complexity index is 188. The van der Waals surface area contributed by atoms with Gasteiger partial charge in [-0.1, -0.05) is 6.92 Å². The Balaban J connectivity index is 3.48. The van der Waals surface area contributed by atoms with Gasteiger partial charge in [-0.3, -0.25) is 4.90 Å². The number of nitriles is 1. The minimum absolute atomic E-state index is 0.00493. The van der Waals surface area contributed by atoms with Gasteiger partial charge < -0.3 is 4.74 Å². The molecule has 0 radical (unpaired) electrons. The summed E-state index contributed by atoms with van der Waals surface area (Å²) in [6.07, 6.45) is -4.27. The van der Waals surface area contributed by atoms with Crippen molar-refractivity contribution in [2.45, 2.75) is 13.1 Å². The summed E-state index contributed by atoms with van der Waals surface area (Å²) in [6, 6.07) is 1.92. The van der Waals surface area contributed by atoms with Crippen molar-refractivity contribution < 1.29 is 17.9 Å². The fraction of sp³-hybridized carbons (Fsp3) is 0.875. The van der Waals surface area contributed by atoms with Gasteiger partial charge in [0.15, 0.2) is 0 Å². The maximum Gasteiger partial charge on any atom is 0.411 e. The molecule has 14 heavy (non-hydrogen) atoms. The molecule has 0 aliphatic carbocycles. The lowest BCUT2D eigenvalue weighted by molar-refractivity contribution is -0.174. The van der Waals surface area contributed by atoms with Crippen molar-refractivity contribution in [1.29, 1.82) is 5.26 Å². The predicted molar refractivity (Wildman–Crippen MR) is 44.6 cm³/mol. The maximum atomic E-state index is 11.6. The van der Waals surface area contributed by atoms with E-state index in [1.807, 2.05) is 13.0 Å². The van der Waals surface area contributed by atoms with E-state index in [9.17, 15) is 13.2 Å². The lowest BCUT2D eigenvalue weighted by atomic mass is 10.5. The van der Waals surface area contributed by atoms with Crippen LogP contribution in [0.25, 0.3) is 0 Å². The average molecular weight is 210 g/mol. The third-order valence-electron chi connectivity index (χ3n) is 1.56. The molecule has 0 unspecified atom stereocenters. The molecule has 0 aromatic carbocycles. The molecule has 0 aromatic rings. The van der Waals surface area contributed by atoms with Crippen molar-refractivity contribution in [2.24, 2.45) is 0 Å². The van der Waals surface area contributed by atoms with Crippen molar-refractivity contribution >= 4 is 0 Å². The third kappa shape index (κ3) is 7.83. The van der Waals surface area contributed by atoms with E-state index in [1.165, 1.54) is 0 Å². The van der Waals surface area contributed by atoms with Crippen LogP contribution in [0.5, 0.6) is 0 Å². The molecular formula is C8H13F3N2O. The third-order valence-corrected chi connectivity index (χ3v) is 1.56. The van der Waals surface area contributed by atoms with Crippen LogP contribution in [0.3, 0.4) is 0 Å². The highest BCUT2D eigenvalue weighted by Crippen LogP contribution is 2.14. The summed E-state index contributed by atoms with van der Waals surface area (Å²) in [5.41, 5.74) is 0. The molecule has 0 heterocycles. The number of halogens is 3. The Morgan fingerprint density at radius 1 is 1.43 bits per heavy atom. The molecular weight excluding hydrogens is 197 g/mol. The first kappa shape index (κ1) is 13.2. The van der Waals surface area contributed by atoms with Crippen LogP contribution in [0.1, 0.15) is 6.92 Å². The quantitative estimate of drug-likeness (QED) is 0.491. The largest absolute Gasteiger partial charge is 0.411 e. The van der Waals surface area contributed by atoms with Gasteiger partial charge in [0.25, 0.3) is 0 Å². The molecule has 0 aromatic heterocycles. The van der Waals surface area contributed by atoms with Gasteiger partial charge in [0, 0.05) is 6.54 Å². The first-order valence-electron chi connectivity index (χ1n) is 4.23. The first-order chi connectivity index (χ1) is 6.49. The zero-order valence-electron chi connectivity index (χ0n) is 7.97. The van der Waals surface area contributed by atoms with E-state index in [-0.39, 0.29) is 13.2 Å². The number of rotatable bonds is 6. The smallest absolute Gasteiger partial charge is 0.371 e. The van der Waals surface area contributed by atoms with E-state index >= 15 is 0 Å². The SMILES string of the molecule is CCN(CC#N)CCOCC(F)(F)F. The normalized spacial score (nSPS) is 11.7. The lowest BCUT2D eigenvalue weighted by Gasteiger charge is -2.16. The van der Waals surface area contributed by atoms with Gasteiger partial charge in [-0.05, 0) is 6.54 Å². The number of alkyl halides is 3.